The lowest BCUT2D eigenvalue weighted by Gasteiger charge is -2.35. The fourth-order valence-corrected chi connectivity index (χ4v) is 7.17. The van der Waals surface area contributed by atoms with Gasteiger partial charge in [0, 0.05) is 19.5 Å². The molecule has 0 bridgehead atoms. The van der Waals surface area contributed by atoms with Gasteiger partial charge < -0.3 is 41.5 Å². The maximum atomic E-state index is 14.3. The molecule has 2 aromatic carbocycles. The Kier molecular flexibility index (Phi) is 15.4. The second-order valence-corrected chi connectivity index (χ2v) is 14.2. The number of hydrogen-bond donors (Lipinski definition) is 6. The van der Waals surface area contributed by atoms with E-state index in [1.165, 1.54) is 0 Å². The number of carbonyl (C=O) groups is 7. The molecule has 2 aromatic rings. The fraction of sp³-hybridized carbons (Fsp3) is 0.486. The van der Waals surface area contributed by atoms with Crippen LogP contribution in [0, 0.1) is 5.92 Å². The van der Waals surface area contributed by atoms with Crippen molar-refractivity contribution in [3.05, 3.63) is 69.2 Å². The number of amides is 5. The standard InChI is InChI=1S/C37H45Cl2N5O10/c1-2-9-27(30(46)35(50)41-14-15-54-31(32(40)47)21-12-7-4-8-13-21)42-34(49)28-16-22(45)19-44(28)36(51)29(20-10-5-3-6-11-20)43-33(48)23-17-25(38)26(39)18-24(23)37(52)53/h4,7-8,12-13,17-18,20,22,27-29,31,45H,2-3,5-6,9-11,14-16,19H2,1H3,(H2,40,47)(H,41,50)(H,42,49)(H,43,48)(H,52,53). The van der Waals surface area contributed by atoms with Gasteiger partial charge in [0.25, 0.3) is 17.7 Å². The van der Waals surface area contributed by atoms with Gasteiger partial charge in [-0.25, -0.2) is 4.79 Å². The predicted octanol–water partition coefficient (Wildman–Crippen LogP) is 2.55. The van der Waals surface area contributed by atoms with Crippen molar-refractivity contribution in [2.75, 3.05) is 19.7 Å². The molecule has 0 radical (unpaired) electrons. The van der Waals surface area contributed by atoms with Crippen molar-refractivity contribution in [3.8, 4) is 0 Å². The highest BCUT2D eigenvalue weighted by Gasteiger charge is 2.44. The number of aliphatic hydroxyl groups is 1. The molecular weight excluding hydrogens is 745 g/mol. The molecule has 1 aliphatic heterocycles. The van der Waals surface area contributed by atoms with Crippen LogP contribution in [0.15, 0.2) is 42.5 Å². The lowest BCUT2D eigenvalue weighted by Crippen LogP contribution is -2.58. The van der Waals surface area contributed by atoms with E-state index in [2.05, 4.69) is 16.0 Å². The van der Waals surface area contributed by atoms with E-state index in [-0.39, 0.29) is 54.1 Å². The summed E-state index contributed by atoms with van der Waals surface area (Å²) in [7, 11) is 0. The van der Waals surface area contributed by atoms with Crippen LogP contribution < -0.4 is 21.7 Å². The largest absolute Gasteiger partial charge is 0.478 e. The summed E-state index contributed by atoms with van der Waals surface area (Å²) in [6.07, 6.45) is 1.76. The van der Waals surface area contributed by atoms with Crippen molar-refractivity contribution in [3.63, 3.8) is 0 Å². The predicted molar refractivity (Wildman–Crippen MR) is 197 cm³/mol. The van der Waals surface area contributed by atoms with Gasteiger partial charge in [0.1, 0.15) is 12.1 Å². The van der Waals surface area contributed by atoms with Crippen molar-refractivity contribution in [2.24, 2.45) is 11.7 Å². The highest BCUT2D eigenvalue weighted by atomic mass is 35.5. The van der Waals surface area contributed by atoms with Crippen LogP contribution >= 0.6 is 23.2 Å². The summed E-state index contributed by atoms with van der Waals surface area (Å²) >= 11 is 12.1. The first-order valence-electron chi connectivity index (χ1n) is 17.8. The van der Waals surface area contributed by atoms with Crippen LogP contribution in [0.3, 0.4) is 0 Å². The van der Waals surface area contributed by atoms with E-state index in [1.807, 2.05) is 0 Å². The van der Waals surface area contributed by atoms with E-state index >= 15 is 0 Å². The summed E-state index contributed by atoms with van der Waals surface area (Å²) in [6.45, 7) is 1.22. The molecule has 4 rings (SSSR count). The lowest BCUT2D eigenvalue weighted by atomic mass is 9.83. The number of carboxylic acids is 1. The number of likely N-dealkylation sites (tertiary alicyclic amines) is 1. The van der Waals surface area contributed by atoms with Crippen molar-refractivity contribution in [1.29, 1.82) is 0 Å². The van der Waals surface area contributed by atoms with Crippen molar-refractivity contribution < 1.29 is 48.5 Å². The van der Waals surface area contributed by atoms with Crippen molar-refractivity contribution in [1.82, 2.24) is 20.9 Å². The monoisotopic (exact) mass is 789 g/mol. The van der Waals surface area contributed by atoms with Gasteiger partial charge in [-0.1, -0.05) is 86.1 Å². The molecule has 1 saturated carbocycles. The summed E-state index contributed by atoms with van der Waals surface area (Å²) in [5.74, 6) is -6.80. The number of β-amino-alcohol motifs (C(OH)–C–C–N with tert-alkyl or cyclic N) is 1. The molecule has 5 unspecified atom stereocenters. The van der Waals surface area contributed by atoms with E-state index in [4.69, 9.17) is 33.7 Å². The van der Waals surface area contributed by atoms with Crippen LogP contribution in [0.25, 0.3) is 0 Å². The van der Waals surface area contributed by atoms with Gasteiger partial charge >= 0.3 is 5.97 Å². The second-order valence-electron chi connectivity index (χ2n) is 13.4. The number of ketones is 1. The van der Waals surface area contributed by atoms with Crippen LogP contribution in [0.2, 0.25) is 10.0 Å². The molecule has 54 heavy (non-hydrogen) atoms. The number of benzene rings is 2. The van der Waals surface area contributed by atoms with Crippen molar-refractivity contribution in [2.45, 2.75) is 88.6 Å². The minimum Gasteiger partial charge on any atom is -0.478 e. The molecule has 2 aliphatic rings. The van der Waals surface area contributed by atoms with Gasteiger partial charge in [-0.3, -0.25) is 28.8 Å². The number of ether oxygens (including phenoxy) is 1. The zero-order chi connectivity index (χ0) is 39.5. The molecule has 5 atom stereocenters. The number of carboxylic acid groups (broad SMARTS) is 1. The number of nitrogens with zero attached hydrogens (tertiary/aromatic N) is 1. The quantitative estimate of drug-likeness (QED) is 0.101. The number of rotatable bonds is 17. The number of hydrogen-bond acceptors (Lipinski definition) is 9. The minimum atomic E-state index is -1.43. The van der Waals surface area contributed by atoms with Gasteiger partial charge in [-0.2, -0.15) is 0 Å². The average molecular weight is 791 g/mol. The summed E-state index contributed by atoms with van der Waals surface area (Å²) in [4.78, 5) is 92.7. The maximum Gasteiger partial charge on any atom is 0.336 e. The topological polar surface area (TPSA) is 235 Å². The third-order valence-electron chi connectivity index (χ3n) is 9.54. The third kappa shape index (κ3) is 10.8. The molecular formula is C37H45Cl2N5O10. The highest BCUT2D eigenvalue weighted by molar-refractivity contribution is 6.42. The number of nitrogens with one attached hydrogen (secondary N) is 3. The van der Waals surface area contributed by atoms with E-state index < -0.39 is 77.2 Å². The van der Waals surface area contributed by atoms with Crippen LogP contribution in [0.4, 0.5) is 0 Å². The van der Waals surface area contributed by atoms with Crippen LogP contribution in [0.1, 0.15) is 90.7 Å². The molecule has 0 spiro atoms. The maximum absolute atomic E-state index is 14.3. The Morgan fingerprint density at radius 1 is 0.963 bits per heavy atom. The Labute approximate surface area is 322 Å². The average Bonchev–Trinajstić information content (AvgIpc) is 3.55. The third-order valence-corrected chi connectivity index (χ3v) is 10.3. The van der Waals surface area contributed by atoms with Crippen molar-refractivity contribution >= 4 is 64.5 Å². The molecule has 2 fully saturated rings. The first kappa shape index (κ1) is 42.2. The second kappa shape index (κ2) is 19.7. The summed E-state index contributed by atoms with van der Waals surface area (Å²) in [5, 5.41) is 27.9. The highest BCUT2D eigenvalue weighted by Crippen LogP contribution is 2.31. The SMILES string of the molecule is CCCC(NC(=O)C1CC(O)CN1C(=O)C(NC(=O)c1cc(Cl)c(Cl)cc1C(=O)O)C1CCCCC1)C(=O)C(=O)NCCOC(C(N)=O)c1ccccc1. The smallest absolute Gasteiger partial charge is 0.336 e. The van der Waals surface area contributed by atoms with E-state index in [0.717, 1.165) is 36.3 Å². The summed E-state index contributed by atoms with van der Waals surface area (Å²) in [5.41, 5.74) is 5.25. The molecule has 17 heteroatoms. The number of primary amides is 1. The van der Waals surface area contributed by atoms with E-state index in [1.54, 1.807) is 37.3 Å². The van der Waals surface area contributed by atoms with Crippen LogP contribution in [-0.4, -0.2) is 100 Å². The number of aromatic carboxylic acids is 1. The number of aliphatic hydroxyl groups excluding tert-OH is 1. The molecule has 15 nitrogen and oxygen atoms in total. The Morgan fingerprint density at radius 3 is 2.22 bits per heavy atom. The van der Waals surface area contributed by atoms with Gasteiger partial charge in [0.05, 0.1) is 39.9 Å². The number of nitrogens with two attached hydrogens (primary N) is 1. The number of carbonyl (C=O) groups excluding carboxylic acids is 6. The molecule has 1 heterocycles. The van der Waals surface area contributed by atoms with Gasteiger partial charge in [-0.05, 0) is 42.9 Å². The number of Topliss-reactive ketones (excluding diaryl/α,β-unsaturated/α-hetero) is 1. The number of halogens is 2. The molecule has 7 N–H and O–H groups in total. The molecule has 1 aliphatic carbocycles. The van der Waals surface area contributed by atoms with E-state index in [0.29, 0.717) is 24.8 Å². The normalized spacial score (nSPS) is 18.9. The van der Waals surface area contributed by atoms with Gasteiger partial charge in [0.2, 0.25) is 17.6 Å². The van der Waals surface area contributed by atoms with Gasteiger partial charge in [-0.15, -0.1) is 0 Å². The zero-order valence-corrected chi connectivity index (χ0v) is 31.2. The van der Waals surface area contributed by atoms with Gasteiger partial charge in [0.15, 0.2) is 6.10 Å². The van der Waals surface area contributed by atoms with Crippen LogP contribution in [-0.2, 0) is 28.7 Å². The Hall–Kier alpha value is -4.57. The first-order valence-corrected chi connectivity index (χ1v) is 18.6. The Bertz CT molecular complexity index is 1720. The molecule has 292 valence electrons. The Balaban J connectivity index is 1.45. The summed E-state index contributed by atoms with van der Waals surface area (Å²) < 4.78 is 5.55. The van der Waals surface area contributed by atoms with Crippen LogP contribution in [0.5, 0.6) is 0 Å². The zero-order valence-electron chi connectivity index (χ0n) is 29.7. The molecule has 5 amide bonds. The summed E-state index contributed by atoms with van der Waals surface area (Å²) in [6, 6.07) is 6.96. The first-order chi connectivity index (χ1) is 25.7. The Morgan fingerprint density at radius 2 is 1.61 bits per heavy atom. The molecule has 0 aromatic heterocycles. The molecule has 1 saturated heterocycles. The fourth-order valence-electron chi connectivity index (χ4n) is 6.85. The lowest BCUT2D eigenvalue weighted by molar-refractivity contribution is -0.143. The van der Waals surface area contributed by atoms with E-state index in [9.17, 15) is 43.8 Å². The minimum absolute atomic E-state index is 0.0651.